The summed E-state index contributed by atoms with van der Waals surface area (Å²) in [6.07, 6.45) is -3.36. The first-order chi connectivity index (χ1) is 21.4. The molecular weight excluding hydrogens is 627 g/mol. The number of sulfone groups is 1. The van der Waals surface area contributed by atoms with Crippen molar-refractivity contribution in [1.82, 2.24) is 9.97 Å². The van der Waals surface area contributed by atoms with Crippen molar-refractivity contribution in [3.63, 3.8) is 0 Å². The quantitative estimate of drug-likeness (QED) is 0.246. The number of hydrogen-bond donors (Lipinski definition) is 2. The summed E-state index contributed by atoms with van der Waals surface area (Å²) >= 11 is 0. The molecular formula is C31H38F3N5O6S. The Labute approximate surface area is 266 Å². The number of ether oxygens (including phenoxy) is 1. The zero-order valence-electron chi connectivity index (χ0n) is 26.0. The first-order valence-corrected chi connectivity index (χ1v) is 15.9. The number of halogens is 3. The molecule has 0 fully saturated rings. The molecule has 0 spiro atoms. The fraction of sp³-hybridized carbons (Fsp3) is 0.419. The first-order valence-electron chi connectivity index (χ1n) is 14.4. The number of pyridine rings is 2. The number of aliphatic carboxylic acids is 1. The Bertz CT molecular complexity index is 1600. The van der Waals surface area contributed by atoms with Gasteiger partial charge in [-0.1, -0.05) is 37.6 Å². The largest absolute Gasteiger partial charge is 0.480 e. The summed E-state index contributed by atoms with van der Waals surface area (Å²) in [6, 6.07) is 14.1. The third kappa shape index (κ3) is 9.39. The van der Waals surface area contributed by atoms with Gasteiger partial charge in [-0.05, 0) is 69.2 Å². The van der Waals surface area contributed by atoms with Crippen molar-refractivity contribution in [2.75, 3.05) is 29.4 Å². The molecule has 3 N–H and O–H groups in total. The van der Waals surface area contributed by atoms with Gasteiger partial charge < -0.3 is 20.5 Å². The van der Waals surface area contributed by atoms with Gasteiger partial charge in [0.2, 0.25) is 9.84 Å². The maximum absolute atomic E-state index is 14.1. The molecule has 2 aromatic heterocycles. The molecule has 1 aromatic carbocycles. The van der Waals surface area contributed by atoms with Gasteiger partial charge in [0.15, 0.2) is 9.90 Å². The number of carboxylic acid groups (broad SMARTS) is 1. The molecule has 0 saturated carbocycles. The summed E-state index contributed by atoms with van der Waals surface area (Å²) in [5.41, 5.74) is 6.19. The summed E-state index contributed by atoms with van der Waals surface area (Å²) < 4.78 is 73.5. The normalized spacial score (nSPS) is 13.5. The Balaban J connectivity index is 2.12. The van der Waals surface area contributed by atoms with Crippen molar-refractivity contribution >= 4 is 33.4 Å². The van der Waals surface area contributed by atoms with Crippen LogP contribution in [0.15, 0.2) is 71.9 Å². The monoisotopic (exact) mass is 665 g/mol. The van der Waals surface area contributed by atoms with E-state index in [-0.39, 0.29) is 23.1 Å². The summed E-state index contributed by atoms with van der Waals surface area (Å²) in [7, 11) is -4.53. The maximum Gasteiger partial charge on any atom is 0.416 e. The summed E-state index contributed by atoms with van der Waals surface area (Å²) in [5.74, 6) is -1.61. The highest BCUT2D eigenvalue weighted by molar-refractivity contribution is 7.92. The second-order valence-electron chi connectivity index (χ2n) is 11.6. The fourth-order valence-electron chi connectivity index (χ4n) is 4.51. The Morgan fingerprint density at radius 3 is 2.22 bits per heavy atom. The molecule has 1 unspecified atom stereocenters. The smallest absolute Gasteiger partial charge is 0.416 e. The van der Waals surface area contributed by atoms with Crippen LogP contribution in [0.25, 0.3) is 0 Å². The molecule has 0 aliphatic heterocycles. The molecule has 15 heteroatoms. The Morgan fingerprint density at radius 2 is 1.67 bits per heavy atom. The van der Waals surface area contributed by atoms with Crippen LogP contribution in [0.3, 0.4) is 0 Å². The Hall–Kier alpha value is -4.24. The van der Waals surface area contributed by atoms with E-state index in [0.717, 1.165) is 4.90 Å². The minimum atomic E-state index is -4.53. The molecule has 2 heterocycles. The van der Waals surface area contributed by atoms with Crippen molar-refractivity contribution in [3.8, 4) is 0 Å². The SMILES string of the molecule is CCCCN(CC(F)(F)F)c1ccc(CC(N)(c2cccc(N(CC(=O)O)C(=O)OC(C)(C)C)n2)S(=O)(=O)c2ccccn2)cc1. The topological polar surface area (TPSA) is 156 Å². The number of carbonyl (C=O) groups excluding carboxylic acids is 1. The maximum atomic E-state index is 14.1. The summed E-state index contributed by atoms with van der Waals surface area (Å²) in [4.78, 5) is 32.6. The second kappa shape index (κ2) is 14.5. The summed E-state index contributed by atoms with van der Waals surface area (Å²) in [6.45, 7) is 4.83. The number of hydrogen-bond acceptors (Lipinski definition) is 9. The molecule has 1 amide bonds. The van der Waals surface area contributed by atoms with Crippen LogP contribution in [0.5, 0.6) is 0 Å². The van der Waals surface area contributed by atoms with Crippen LogP contribution in [0, 0.1) is 0 Å². The minimum absolute atomic E-state index is 0.172. The minimum Gasteiger partial charge on any atom is -0.480 e. The number of benzene rings is 1. The van der Waals surface area contributed by atoms with E-state index in [9.17, 15) is 36.3 Å². The van der Waals surface area contributed by atoms with Gasteiger partial charge in [-0.25, -0.2) is 23.2 Å². The lowest BCUT2D eigenvalue weighted by Gasteiger charge is -2.31. The molecule has 0 radical (unpaired) electrons. The number of carbonyl (C=O) groups is 2. The summed E-state index contributed by atoms with van der Waals surface area (Å²) in [5, 5.41) is 9.13. The molecule has 0 aliphatic carbocycles. The zero-order chi connectivity index (χ0) is 34.3. The van der Waals surface area contributed by atoms with E-state index in [1.165, 1.54) is 71.8 Å². The van der Waals surface area contributed by atoms with Gasteiger partial charge in [0.25, 0.3) is 0 Å². The number of nitrogens with zero attached hydrogens (tertiary/aromatic N) is 4. The molecule has 0 bridgehead atoms. The molecule has 250 valence electrons. The van der Waals surface area contributed by atoms with Crippen molar-refractivity contribution in [2.45, 2.75) is 68.6 Å². The Kier molecular flexibility index (Phi) is 11.4. The van der Waals surface area contributed by atoms with E-state index in [4.69, 9.17) is 10.5 Å². The number of anilines is 2. The molecule has 0 aliphatic rings. The number of nitrogens with two attached hydrogens (primary N) is 1. The van der Waals surface area contributed by atoms with Gasteiger partial charge >= 0.3 is 18.2 Å². The van der Waals surface area contributed by atoms with Crippen molar-refractivity contribution in [3.05, 3.63) is 78.1 Å². The van der Waals surface area contributed by atoms with Crippen LogP contribution in [-0.2, 0) is 30.7 Å². The predicted molar refractivity (Wildman–Crippen MR) is 166 cm³/mol. The third-order valence-corrected chi connectivity index (χ3v) is 8.77. The molecule has 3 rings (SSSR count). The van der Waals surface area contributed by atoms with E-state index < -0.39 is 58.1 Å². The molecule has 46 heavy (non-hydrogen) atoms. The van der Waals surface area contributed by atoms with Crippen molar-refractivity contribution in [2.24, 2.45) is 5.73 Å². The highest BCUT2D eigenvalue weighted by Gasteiger charge is 2.46. The highest BCUT2D eigenvalue weighted by atomic mass is 32.2. The predicted octanol–water partition coefficient (Wildman–Crippen LogP) is 5.30. The van der Waals surface area contributed by atoms with Crippen LogP contribution >= 0.6 is 0 Å². The van der Waals surface area contributed by atoms with E-state index in [2.05, 4.69) is 9.97 Å². The standard InChI is InChI=1S/C31H38F3N5O6S/c1-5-6-18-38(21-31(32,33)34)23-15-13-22(14-16-23)19-30(35,46(43,44)26-12-7-8-17-36-26)24-10-9-11-25(37-24)39(20-27(40)41)28(42)45-29(2,3)4/h7-17H,5-6,18-21,35H2,1-4H3,(H,40,41). The Morgan fingerprint density at radius 1 is 1.00 bits per heavy atom. The average Bonchev–Trinajstić information content (AvgIpc) is 2.97. The lowest BCUT2D eigenvalue weighted by molar-refractivity contribution is -0.135. The van der Waals surface area contributed by atoms with Crippen LogP contribution in [0.4, 0.5) is 29.5 Å². The van der Waals surface area contributed by atoms with E-state index in [1.54, 1.807) is 20.8 Å². The van der Waals surface area contributed by atoms with Gasteiger partial charge in [0.1, 0.15) is 24.5 Å². The van der Waals surface area contributed by atoms with Gasteiger partial charge in [-0.3, -0.25) is 9.69 Å². The van der Waals surface area contributed by atoms with E-state index in [0.29, 0.717) is 24.1 Å². The molecule has 0 saturated heterocycles. The molecule has 1 atom stereocenters. The van der Waals surface area contributed by atoms with E-state index in [1.807, 2.05) is 6.92 Å². The van der Waals surface area contributed by atoms with Crippen LogP contribution in [0.2, 0.25) is 0 Å². The van der Waals surface area contributed by atoms with Crippen LogP contribution in [-0.4, -0.2) is 67.0 Å². The van der Waals surface area contributed by atoms with Gasteiger partial charge in [0.05, 0.1) is 5.69 Å². The third-order valence-electron chi connectivity index (χ3n) is 6.66. The van der Waals surface area contributed by atoms with Crippen LogP contribution < -0.4 is 15.5 Å². The van der Waals surface area contributed by atoms with Crippen LogP contribution in [0.1, 0.15) is 51.8 Å². The van der Waals surface area contributed by atoms with E-state index >= 15 is 0 Å². The molecule has 3 aromatic rings. The lowest BCUT2D eigenvalue weighted by atomic mass is 10.0. The zero-order valence-corrected chi connectivity index (χ0v) is 26.8. The van der Waals surface area contributed by atoms with Gasteiger partial charge in [-0.2, -0.15) is 13.2 Å². The second-order valence-corrected chi connectivity index (χ2v) is 13.8. The average molecular weight is 666 g/mol. The van der Waals surface area contributed by atoms with Gasteiger partial charge in [0, 0.05) is 24.8 Å². The molecule has 11 nitrogen and oxygen atoms in total. The number of carboxylic acids is 1. The number of rotatable bonds is 13. The highest BCUT2D eigenvalue weighted by Crippen LogP contribution is 2.34. The first kappa shape index (κ1) is 36.2. The number of alkyl halides is 3. The number of unbranched alkanes of at least 4 members (excludes halogenated alkanes) is 1. The number of aromatic nitrogens is 2. The number of amides is 1. The van der Waals surface area contributed by atoms with Gasteiger partial charge in [-0.15, -0.1) is 0 Å². The lowest BCUT2D eigenvalue weighted by Crippen LogP contribution is -2.48. The van der Waals surface area contributed by atoms with Crippen molar-refractivity contribution in [1.29, 1.82) is 0 Å². The van der Waals surface area contributed by atoms with Crippen molar-refractivity contribution < 1.29 is 41.0 Å². The fourth-order valence-corrected chi connectivity index (χ4v) is 6.09.